The molecular formula is C20H20F2N4O. The fourth-order valence-electron chi connectivity index (χ4n) is 2.61. The highest BCUT2D eigenvalue weighted by molar-refractivity contribution is 5.56. The number of aromatic nitrogens is 2. The number of hydrogen-bond donors (Lipinski definition) is 2. The van der Waals surface area contributed by atoms with Crippen LogP contribution in [0.25, 0.3) is 0 Å². The molecule has 0 radical (unpaired) electrons. The van der Waals surface area contributed by atoms with E-state index in [9.17, 15) is 8.78 Å². The number of anilines is 3. The number of aryl methyl sites for hydroxylation is 1. The molecule has 0 saturated heterocycles. The maximum Gasteiger partial charge on any atom is 0.229 e. The average Bonchev–Trinajstić information content (AvgIpc) is 2.65. The number of hydrogen-bond acceptors (Lipinski definition) is 5. The molecule has 2 N–H and O–H groups in total. The molecule has 0 atom stereocenters. The highest BCUT2D eigenvalue weighted by Crippen LogP contribution is 2.22. The molecule has 3 rings (SSSR count). The van der Waals surface area contributed by atoms with Crippen molar-refractivity contribution < 1.29 is 13.5 Å². The Bertz CT molecular complexity index is 913. The summed E-state index contributed by atoms with van der Waals surface area (Å²) in [6, 6.07) is 13.2. The summed E-state index contributed by atoms with van der Waals surface area (Å²) in [5, 5.41) is 5.82. The van der Waals surface area contributed by atoms with Crippen molar-refractivity contribution in [3.05, 3.63) is 71.4 Å². The second-order valence-electron chi connectivity index (χ2n) is 5.97. The van der Waals surface area contributed by atoms with Crippen LogP contribution in [0.4, 0.5) is 26.2 Å². The number of nitrogens with one attached hydrogen (secondary N) is 2. The molecule has 140 valence electrons. The molecule has 0 aliphatic rings. The molecule has 0 amide bonds. The fraction of sp³-hybridized carbons (Fsp3) is 0.200. The third-order valence-corrected chi connectivity index (χ3v) is 3.91. The van der Waals surface area contributed by atoms with Gasteiger partial charge in [0.2, 0.25) is 5.95 Å². The smallest absolute Gasteiger partial charge is 0.229 e. The number of ether oxygens (including phenoxy) is 1. The lowest BCUT2D eigenvalue weighted by Gasteiger charge is -2.11. The van der Waals surface area contributed by atoms with Crippen LogP contribution < -0.4 is 15.4 Å². The van der Waals surface area contributed by atoms with Crippen molar-refractivity contribution in [2.24, 2.45) is 0 Å². The van der Waals surface area contributed by atoms with E-state index in [1.165, 1.54) is 18.2 Å². The Hall–Kier alpha value is -3.22. The normalized spacial score (nSPS) is 10.5. The SMILES string of the molecule is COc1cccc(CCNc2cc(C)nc(Nc3c(F)cccc3F)n2)c1. The Morgan fingerprint density at radius 1 is 1.00 bits per heavy atom. The van der Waals surface area contributed by atoms with Gasteiger partial charge in [-0.3, -0.25) is 0 Å². The van der Waals surface area contributed by atoms with Gasteiger partial charge in [0, 0.05) is 18.3 Å². The van der Waals surface area contributed by atoms with Gasteiger partial charge in [-0.25, -0.2) is 13.8 Å². The van der Waals surface area contributed by atoms with Crippen LogP contribution in [0.15, 0.2) is 48.5 Å². The van der Waals surface area contributed by atoms with Crippen LogP contribution >= 0.6 is 0 Å². The minimum atomic E-state index is -0.701. The predicted octanol–water partition coefficient (Wildman–Crippen LogP) is 4.47. The molecule has 2 aromatic carbocycles. The molecule has 0 bridgehead atoms. The van der Waals surface area contributed by atoms with Gasteiger partial charge in [0.25, 0.3) is 0 Å². The summed E-state index contributed by atoms with van der Waals surface area (Å²) in [6.45, 7) is 2.43. The van der Waals surface area contributed by atoms with E-state index in [0.29, 0.717) is 18.1 Å². The van der Waals surface area contributed by atoms with Crippen molar-refractivity contribution in [2.45, 2.75) is 13.3 Å². The highest BCUT2D eigenvalue weighted by atomic mass is 19.1. The first kappa shape index (κ1) is 18.6. The largest absolute Gasteiger partial charge is 0.497 e. The molecule has 0 aliphatic carbocycles. The standard InChI is InChI=1S/C20H20F2N4O/c1-13-11-18(23-10-9-14-5-3-6-15(12-14)27-2)25-20(24-13)26-19-16(21)7-4-8-17(19)22/h3-8,11-12H,9-10H2,1-2H3,(H2,23,24,25,26). The van der Waals surface area contributed by atoms with Crippen LogP contribution in [0.3, 0.4) is 0 Å². The summed E-state index contributed by atoms with van der Waals surface area (Å²) in [5.74, 6) is 0.108. The fourth-order valence-corrected chi connectivity index (χ4v) is 2.61. The number of rotatable bonds is 7. The van der Waals surface area contributed by atoms with Gasteiger partial charge in [-0.1, -0.05) is 18.2 Å². The Labute approximate surface area is 156 Å². The van der Waals surface area contributed by atoms with Gasteiger partial charge in [-0.15, -0.1) is 0 Å². The summed E-state index contributed by atoms with van der Waals surface area (Å²) in [6.07, 6.45) is 0.769. The van der Waals surface area contributed by atoms with Crippen molar-refractivity contribution in [1.29, 1.82) is 0 Å². The lowest BCUT2D eigenvalue weighted by atomic mass is 10.1. The van der Waals surface area contributed by atoms with Crippen molar-refractivity contribution in [3.63, 3.8) is 0 Å². The van der Waals surface area contributed by atoms with E-state index in [-0.39, 0.29) is 11.6 Å². The molecular weight excluding hydrogens is 350 g/mol. The molecule has 27 heavy (non-hydrogen) atoms. The molecule has 7 heteroatoms. The maximum absolute atomic E-state index is 13.8. The van der Waals surface area contributed by atoms with Gasteiger partial charge in [-0.05, 0) is 43.2 Å². The zero-order valence-electron chi connectivity index (χ0n) is 15.1. The summed E-state index contributed by atoms with van der Waals surface area (Å²) in [5.41, 5.74) is 1.53. The number of halogens is 2. The van der Waals surface area contributed by atoms with Crippen LogP contribution in [0.2, 0.25) is 0 Å². The first-order chi connectivity index (χ1) is 13.0. The van der Waals surface area contributed by atoms with Crippen molar-refractivity contribution in [1.82, 2.24) is 9.97 Å². The molecule has 1 heterocycles. The Kier molecular flexibility index (Phi) is 5.80. The van der Waals surface area contributed by atoms with Crippen LogP contribution in [-0.2, 0) is 6.42 Å². The third kappa shape index (κ3) is 4.91. The number of methoxy groups -OCH3 is 1. The molecule has 3 aromatic rings. The van der Waals surface area contributed by atoms with E-state index < -0.39 is 11.6 Å². The molecule has 0 saturated carbocycles. The molecule has 0 aliphatic heterocycles. The molecule has 0 spiro atoms. The van der Waals surface area contributed by atoms with Crippen LogP contribution in [-0.4, -0.2) is 23.6 Å². The van der Waals surface area contributed by atoms with E-state index in [1.54, 1.807) is 20.1 Å². The summed E-state index contributed by atoms with van der Waals surface area (Å²) >= 11 is 0. The zero-order valence-corrected chi connectivity index (χ0v) is 15.1. The first-order valence-corrected chi connectivity index (χ1v) is 8.48. The monoisotopic (exact) mass is 370 g/mol. The Balaban J connectivity index is 1.68. The maximum atomic E-state index is 13.8. The minimum absolute atomic E-state index is 0.128. The average molecular weight is 370 g/mol. The zero-order chi connectivity index (χ0) is 19.2. The third-order valence-electron chi connectivity index (χ3n) is 3.91. The topological polar surface area (TPSA) is 59.1 Å². The summed E-state index contributed by atoms with van der Waals surface area (Å²) in [4.78, 5) is 8.47. The van der Waals surface area contributed by atoms with E-state index >= 15 is 0 Å². The van der Waals surface area contributed by atoms with Gasteiger partial charge in [0.1, 0.15) is 28.9 Å². The van der Waals surface area contributed by atoms with Crippen molar-refractivity contribution >= 4 is 17.5 Å². The van der Waals surface area contributed by atoms with Gasteiger partial charge >= 0.3 is 0 Å². The van der Waals surface area contributed by atoms with E-state index in [1.807, 2.05) is 24.3 Å². The predicted molar refractivity (Wildman–Crippen MR) is 102 cm³/mol. The van der Waals surface area contributed by atoms with E-state index in [4.69, 9.17) is 4.74 Å². The number of benzene rings is 2. The van der Waals surface area contributed by atoms with Gasteiger partial charge in [-0.2, -0.15) is 4.98 Å². The number of para-hydroxylation sites is 1. The summed E-state index contributed by atoms with van der Waals surface area (Å²) < 4.78 is 32.8. The first-order valence-electron chi connectivity index (χ1n) is 8.48. The summed E-state index contributed by atoms with van der Waals surface area (Å²) in [7, 11) is 1.63. The van der Waals surface area contributed by atoms with Gasteiger partial charge in [0.15, 0.2) is 0 Å². The minimum Gasteiger partial charge on any atom is -0.497 e. The number of nitrogens with zero attached hydrogens (tertiary/aromatic N) is 2. The van der Waals surface area contributed by atoms with E-state index in [0.717, 1.165) is 17.7 Å². The Morgan fingerprint density at radius 3 is 2.48 bits per heavy atom. The van der Waals surface area contributed by atoms with Gasteiger partial charge < -0.3 is 15.4 Å². The second kappa shape index (κ2) is 8.44. The molecule has 0 unspecified atom stereocenters. The molecule has 5 nitrogen and oxygen atoms in total. The van der Waals surface area contributed by atoms with Gasteiger partial charge in [0.05, 0.1) is 7.11 Å². The quantitative estimate of drug-likeness (QED) is 0.643. The van der Waals surface area contributed by atoms with E-state index in [2.05, 4.69) is 20.6 Å². The molecule has 0 fully saturated rings. The Morgan fingerprint density at radius 2 is 1.74 bits per heavy atom. The second-order valence-corrected chi connectivity index (χ2v) is 5.97. The lowest BCUT2D eigenvalue weighted by molar-refractivity contribution is 0.414. The molecule has 1 aromatic heterocycles. The highest BCUT2D eigenvalue weighted by Gasteiger charge is 2.11. The van der Waals surface area contributed by atoms with Crippen LogP contribution in [0.5, 0.6) is 5.75 Å². The lowest BCUT2D eigenvalue weighted by Crippen LogP contribution is -2.09. The van der Waals surface area contributed by atoms with Crippen molar-refractivity contribution in [3.8, 4) is 5.75 Å². The van der Waals surface area contributed by atoms with Crippen LogP contribution in [0.1, 0.15) is 11.3 Å². The van der Waals surface area contributed by atoms with Crippen LogP contribution in [0, 0.1) is 18.6 Å². The van der Waals surface area contributed by atoms with Crippen molar-refractivity contribution in [2.75, 3.05) is 24.3 Å².